The molecular weight excluding hydrogens is 841 g/mol. The Balaban J connectivity index is 4.53. The molecule has 6 heteroatoms. The average Bonchev–Trinajstić information content (AvgIpc) is 3.34. The fourth-order valence-electron chi connectivity index (χ4n) is 7.46. The van der Waals surface area contributed by atoms with Crippen LogP contribution in [0, 0.1) is 0 Å². The van der Waals surface area contributed by atoms with Gasteiger partial charge in [-0.1, -0.05) is 246 Å². The Hall–Kier alpha value is -3.93. The highest BCUT2D eigenvalue weighted by Gasteiger charge is 2.19. The molecule has 0 N–H and O–H groups in total. The van der Waals surface area contributed by atoms with Crippen LogP contribution in [-0.2, 0) is 28.6 Å². The number of hydrogen-bond acceptors (Lipinski definition) is 6. The zero-order valence-corrected chi connectivity index (χ0v) is 44.1. The lowest BCUT2D eigenvalue weighted by molar-refractivity contribution is -0.167. The van der Waals surface area contributed by atoms with E-state index in [0.717, 1.165) is 83.5 Å². The molecular formula is C62H102O6. The molecule has 0 bridgehead atoms. The van der Waals surface area contributed by atoms with Crippen molar-refractivity contribution in [3.05, 3.63) is 109 Å². The molecule has 386 valence electrons. The van der Waals surface area contributed by atoms with Gasteiger partial charge in [-0.25, -0.2) is 0 Å². The second-order valence-electron chi connectivity index (χ2n) is 18.3. The molecule has 0 aliphatic heterocycles. The summed E-state index contributed by atoms with van der Waals surface area (Å²) in [7, 11) is 0. The van der Waals surface area contributed by atoms with Gasteiger partial charge in [0.25, 0.3) is 0 Å². The largest absolute Gasteiger partial charge is 0.462 e. The summed E-state index contributed by atoms with van der Waals surface area (Å²) in [4.78, 5) is 38.1. The number of esters is 3. The molecule has 0 spiro atoms. The SMILES string of the molecule is CC\C=C/C=C\C=C/C=C\C=C\C=C/CCCCCC(=O)OCC(COC(=O)CCCCC/C=C\C=C/CCCCCCCCC)OC(=O)CCCCCCCCC/C=C\CCCCCCCC. The predicted octanol–water partition coefficient (Wildman–Crippen LogP) is 18.7. The first-order valence-corrected chi connectivity index (χ1v) is 28.0. The zero-order valence-electron chi connectivity index (χ0n) is 44.1. The molecule has 0 aliphatic carbocycles. The molecule has 0 saturated carbocycles. The highest BCUT2D eigenvalue weighted by molar-refractivity contribution is 5.71. The molecule has 0 saturated heterocycles. The summed E-state index contributed by atoms with van der Waals surface area (Å²) in [6, 6.07) is 0. The second-order valence-corrected chi connectivity index (χ2v) is 18.3. The third-order valence-electron chi connectivity index (χ3n) is 11.7. The lowest BCUT2D eigenvalue weighted by atomic mass is 10.1. The first kappa shape index (κ1) is 64.1. The van der Waals surface area contributed by atoms with Crippen LogP contribution in [0.5, 0.6) is 0 Å². The van der Waals surface area contributed by atoms with Crippen LogP contribution in [0.1, 0.15) is 245 Å². The maximum atomic E-state index is 12.8. The molecule has 68 heavy (non-hydrogen) atoms. The van der Waals surface area contributed by atoms with E-state index < -0.39 is 6.10 Å². The second kappa shape index (κ2) is 55.7. The van der Waals surface area contributed by atoms with Crippen LogP contribution in [0.15, 0.2) is 109 Å². The molecule has 0 aromatic carbocycles. The fourth-order valence-corrected chi connectivity index (χ4v) is 7.46. The van der Waals surface area contributed by atoms with Crippen molar-refractivity contribution in [1.82, 2.24) is 0 Å². The summed E-state index contributed by atoms with van der Waals surface area (Å²) in [6.07, 6.45) is 75.0. The van der Waals surface area contributed by atoms with Crippen LogP contribution >= 0.6 is 0 Å². The Morgan fingerprint density at radius 3 is 0.971 bits per heavy atom. The number of carbonyl (C=O) groups excluding carboxylic acids is 3. The standard InChI is InChI=1S/C62H102O6/c1-4-7-10-13-16-19-22-25-28-31-34-37-40-43-46-49-52-55-61(64)67-58-59(57-66-60(63)54-51-48-45-42-39-36-33-30-27-24-21-18-15-12-9-6-3)68-62(65)56-53-50-47-44-41-38-35-32-29-26-23-20-17-14-11-8-5-2/h7,10,13,16,19,22,25-26,28-31,33-34,36-37,39-40,59H,4-6,8-9,11-12,14-15,17-18,20-21,23-24,27,32,35,38,41-58H2,1-3H3/b10-7-,16-13-,22-19-,28-25-,29-26-,33-30-,34-31+,39-36-,40-37-. The highest BCUT2D eigenvalue weighted by atomic mass is 16.6. The summed E-state index contributed by atoms with van der Waals surface area (Å²) in [5, 5.41) is 0. The van der Waals surface area contributed by atoms with Gasteiger partial charge in [-0.3, -0.25) is 14.4 Å². The van der Waals surface area contributed by atoms with Crippen LogP contribution in [0.2, 0.25) is 0 Å². The van der Waals surface area contributed by atoms with Crippen molar-refractivity contribution in [3.8, 4) is 0 Å². The van der Waals surface area contributed by atoms with Gasteiger partial charge in [0.2, 0.25) is 0 Å². The van der Waals surface area contributed by atoms with Gasteiger partial charge in [-0.15, -0.1) is 0 Å². The molecule has 6 nitrogen and oxygen atoms in total. The summed E-state index contributed by atoms with van der Waals surface area (Å²) in [5.74, 6) is -0.982. The summed E-state index contributed by atoms with van der Waals surface area (Å²) in [5.41, 5.74) is 0. The predicted molar refractivity (Wildman–Crippen MR) is 293 cm³/mol. The maximum Gasteiger partial charge on any atom is 0.306 e. The topological polar surface area (TPSA) is 78.9 Å². The van der Waals surface area contributed by atoms with Gasteiger partial charge >= 0.3 is 17.9 Å². The van der Waals surface area contributed by atoms with E-state index >= 15 is 0 Å². The lowest BCUT2D eigenvalue weighted by Crippen LogP contribution is -2.30. The van der Waals surface area contributed by atoms with E-state index in [1.807, 2.05) is 60.8 Å². The molecule has 0 aromatic rings. The van der Waals surface area contributed by atoms with Crippen LogP contribution in [0.3, 0.4) is 0 Å². The van der Waals surface area contributed by atoms with Gasteiger partial charge in [0, 0.05) is 19.3 Å². The van der Waals surface area contributed by atoms with Crippen LogP contribution in [-0.4, -0.2) is 37.2 Å². The summed E-state index contributed by atoms with van der Waals surface area (Å²) in [6.45, 7) is 6.42. The first-order valence-electron chi connectivity index (χ1n) is 28.0. The van der Waals surface area contributed by atoms with Crippen molar-refractivity contribution in [3.63, 3.8) is 0 Å². The third kappa shape index (κ3) is 53.0. The van der Waals surface area contributed by atoms with Gasteiger partial charge in [0.15, 0.2) is 6.10 Å². The summed E-state index contributed by atoms with van der Waals surface area (Å²) < 4.78 is 16.8. The van der Waals surface area contributed by atoms with Gasteiger partial charge in [0.1, 0.15) is 13.2 Å². The number of allylic oxidation sites excluding steroid dienone is 18. The van der Waals surface area contributed by atoms with Crippen LogP contribution in [0.4, 0.5) is 0 Å². The third-order valence-corrected chi connectivity index (χ3v) is 11.7. The number of carbonyl (C=O) groups is 3. The van der Waals surface area contributed by atoms with Crippen molar-refractivity contribution in [2.75, 3.05) is 13.2 Å². The van der Waals surface area contributed by atoms with E-state index in [1.54, 1.807) is 0 Å². The minimum atomic E-state index is -0.812. The number of unbranched alkanes of at least 4 members (excludes halogenated alkanes) is 26. The molecule has 0 radical (unpaired) electrons. The van der Waals surface area contributed by atoms with E-state index in [1.165, 1.54) is 122 Å². The number of rotatable bonds is 49. The molecule has 0 rings (SSSR count). The number of ether oxygens (including phenoxy) is 3. The van der Waals surface area contributed by atoms with E-state index in [9.17, 15) is 14.4 Å². The highest BCUT2D eigenvalue weighted by Crippen LogP contribution is 2.14. The van der Waals surface area contributed by atoms with Gasteiger partial charge < -0.3 is 14.2 Å². The maximum absolute atomic E-state index is 12.8. The lowest BCUT2D eigenvalue weighted by Gasteiger charge is -2.18. The van der Waals surface area contributed by atoms with Crippen molar-refractivity contribution in [2.45, 2.75) is 252 Å². The quantitative estimate of drug-likeness (QED) is 0.0199. The zero-order chi connectivity index (χ0) is 49.3. The van der Waals surface area contributed by atoms with E-state index in [0.29, 0.717) is 19.3 Å². The molecule has 0 aliphatic rings. The van der Waals surface area contributed by atoms with Gasteiger partial charge in [-0.05, 0) is 89.9 Å². The number of hydrogen-bond donors (Lipinski definition) is 0. The minimum absolute atomic E-state index is 0.110. The van der Waals surface area contributed by atoms with Crippen LogP contribution in [0.25, 0.3) is 0 Å². The Morgan fingerprint density at radius 1 is 0.309 bits per heavy atom. The van der Waals surface area contributed by atoms with Crippen molar-refractivity contribution in [1.29, 1.82) is 0 Å². The monoisotopic (exact) mass is 943 g/mol. The summed E-state index contributed by atoms with van der Waals surface area (Å²) >= 11 is 0. The Morgan fingerprint density at radius 2 is 0.588 bits per heavy atom. The average molecular weight is 943 g/mol. The van der Waals surface area contributed by atoms with E-state index in [2.05, 4.69) is 69.4 Å². The molecule has 1 unspecified atom stereocenters. The molecule has 1 atom stereocenters. The first-order chi connectivity index (χ1) is 33.5. The minimum Gasteiger partial charge on any atom is -0.462 e. The van der Waals surface area contributed by atoms with Crippen molar-refractivity contribution in [2.24, 2.45) is 0 Å². The Bertz CT molecular complexity index is 1410. The molecule has 0 aromatic heterocycles. The Kier molecular flexibility index (Phi) is 52.4. The fraction of sp³-hybridized carbons (Fsp3) is 0.661. The molecule has 0 amide bonds. The van der Waals surface area contributed by atoms with Crippen LogP contribution < -0.4 is 0 Å². The van der Waals surface area contributed by atoms with E-state index in [4.69, 9.17) is 14.2 Å². The van der Waals surface area contributed by atoms with Gasteiger partial charge in [0.05, 0.1) is 0 Å². The molecule has 0 fully saturated rings. The smallest absolute Gasteiger partial charge is 0.306 e. The van der Waals surface area contributed by atoms with E-state index in [-0.39, 0.29) is 31.1 Å². The Labute approximate surface area is 419 Å². The van der Waals surface area contributed by atoms with Gasteiger partial charge in [-0.2, -0.15) is 0 Å². The molecule has 0 heterocycles. The van der Waals surface area contributed by atoms with Crippen molar-refractivity contribution < 1.29 is 28.6 Å². The normalized spacial score (nSPS) is 12.9. The van der Waals surface area contributed by atoms with Crippen molar-refractivity contribution >= 4 is 17.9 Å².